The van der Waals surface area contributed by atoms with Gasteiger partial charge in [0, 0.05) is 17.1 Å². The fraction of sp³-hybridized carbons (Fsp3) is 0.111. The Labute approximate surface area is 71.1 Å². The third kappa shape index (κ3) is 2.24. The molecule has 2 heteroatoms. The molecular weight excluding hydrogens is 154 g/mol. The lowest BCUT2D eigenvalue weighted by molar-refractivity contribution is 1.02. The van der Waals surface area contributed by atoms with Crippen LogP contribution in [0.5, 0.6) is 0 Å². The highest BCUT2D eigenvalue weighted by Gasteiger charge is 1.95. The summed E-state index contributed by atoms with van der Waals surface area (Å²) in [7, 11) is 0. The van der Waals surface area contributed by atoms with Crippen molar-refractivity contribution in [3.8, 4) is 0 Å². The maximum absolute atomic E-state index is 3.89. The number of hydrogen-bond acceptors (Lipinski definition) is 2. The summed E-state index contributed by atoms with van der Waals surface area (Å²) in [6.07, 6.45) is 1.82. The summed E-state index contributed by atoms with van der Waals surface area (Å²) in [5, 5.41) is 5.17. The normalized spacial score (nSPS) is 9.09. The molecule has 1 N–H and O–H groups in total. The first-order valence-corrected chi connectivity index (χ1v) is 4.30. The molecule has 0 atom stereocenters. The Hall–Kier alpha value is -1.02. The molecule has 1 rings (SSSR count). The van der Waals surface area contributed by atoms with Crippen molar-refractivity contribution in [2.75, 3.05) is 6.54 Å². The van der Waals surface area contributed by atoms with Gasteiger partial charge in [0.2, 0.25) is 0 Å². The Kier molecular flexibility index (Phi) is 2.93. The Balaban J connectivity index is 2.49. The van der Waals surface area contributed by atoms with Gasteiger partial charge in [0.05, 0.1) is 0 Å². The molecule has 0 saturated carbocycles. The Morgan fingerprint density at radius 2 is 2.55 bits per heavy atom. The summed E-state index contributed by atoms with van der Waals surface area (Å²) in [5.74, 6) is 0. The molecule has 1 aromatic heterocycles. The second-order valence-electron chi connectivity index (χ2n) is 2.13. The molecule has 0 aliphatic rings. The molecular formula is C9H11NS. The standard InChI is InChI=1S/C9H11NS/c1-3-6-10-8(2)9-5-4-7-11-9/h3-5,7,10H,1-2,6H2. The predicted molar refractivity (Wildman–Crippen MR) is 51.6 cm³/mol. The lowest BCUT2D eigenvalue weighted by Gasteiger charge is -2.02. The van der Waals surface area contributed by atoms with Gasteiger partial charge in [0.15, 0.2) is 0 Å². The first-order chi connectivity index (χ1) is 5.34. The van der Waals surface area contributed by atoms with Gasteiger partial charge < -0.3 is 5.32 Å². The highest BCUT2D eigenvalue weighted by atomic mass is 32.1. The molecule has 0 aliphatic carbocycles. The summed E-state index contributed by atoms with van der Waals surface area (Å²) in [4.78, 5) is 1.19. The van der Waals surface area contributed by atoms with E-state index in [1.165, 1.54) is 4.88 Å². The molecule has 0 fully saturated rings. The van der Waals surface area contributed by atoms with Crippen LogP contribution in [0.15, 0.2) is 36.7 Å². The summed E-state index contributed by atoms with van der Waals surface area (Å²) in [6.45, 7) is 8.27. The SMILES string of the molecule is C=CCNC(=C)c1cccs1. The van der Waals surface area contributed by atoms with Crippen LogP contribution in [-0.2, 0) is 0 Å². The van der Waals surface area contributed by atoms with Crippen molar-refractivity contribution < 1.29 is 0 Å². The first-order valence-electron chi connectivity index (χ1n) is 3.42. The van der Waals surface area contributed by atoms with Crippen LogP contribution in [0.3, 0.4) is 0 Å². The van der Waals surface area contributed by atoms with Gasteiger partial charge in [-0.15, -0.1) is 17.9 Å². The number of hydrogen-bond donors (Lipinski definition) is 1. The fourth-order valence-corrected chi connectivity index (χ4v) is 1.41. The average molecular weight is 165 g/mol. The molecule has 0 bridgehead atoms. The highest BCUT2D eigenvalue weighted by Crippen LogP contribution is 2.15. The Bertz CT molecular complexity index is 236. The maximum atomic E-state index is 3.89. The summed E-state index contributed by atoms with van der Waals surface area (Å²) < 4.78 is 0. The van der Waals surface area contributed by atoms with Crippen LogP contribution in [-0.4, -0.2) is 6.54 Å². The van der Waals surface area contributed by atoms with Crippen molar-refractivity contribution in [3.05, 3.63) is 41.6 Å². The van der Waals surface area contributed by atoms with E-state index in [9.17, 15) is 0 Å². The van der Waals surface area contributed by atoms with Crippen molar-refractivity contribution in [3.63, 3.8) is 0 Å². The van der Waals surface area contributed by atoms with Crippen LogP contribution in [0.25, 0.3) is 5.70 Å². The summed E-state index contributed by atoms with van der Waals surface area (Å²) >= 11 is 1.69. The molecule has 58 valence electrons. The Morgan fingerprint density at radius 1 is 1.73 bits per heavy atom. The maximum Gasteiger partial charge on any atom is 0.0495 e. The van der Waals surface area contributed by atoms with Gasteiger partial charge >= 0.3 is 0 Å². The average Bonchev–Trinajstić information content (AvgIpc) is 2.52. The van der Waals surface area contributed by atoms with Crippen LogP contribution >= 0.6 is 11.3 Å². The number of nitrogens with one attached hydrogen (secondary N) is 1. The van der Waals surface area contributed by atoms with Crippen molar-refractivity contribution in [2.45, 2.75) is 0 Å². The summed E-state index contributed by atoms with van der Waals surface area (Å²) in [5.41, 5.74) is 0.972. The minimum absolute atomic E-state index is 0.775. The minimum atomic E-state index is 0.775. The molecule has 0 aromatic carbocycles. The zero-order chi connectivity index (χ0) is 8.10. The van der Waals surface area contributed by atoms with Crippen molar-refractivity contribution in [2.24, 2.45) is 0 Å². The van der Waals surface area contributed by atoms with E-state index in [1.54, 1.807) is 11.3 Å². The largest absolute Gasteiger partial charge is 0.381 e. The van der Waals surface area contributed by atoms with E-state index in [0.717, 1.165) is 12.2 Å². The molecule has 0 radical (unpaired) electrons. The van der Waals surface area contributed by atoms with Crippen LogP contribution in [0.4, 0.5) is 0 Å². The van der Waals surface area contributed by atoms with Gasteiger partial charge in [0.1, 0.15) is 0 Å². The van der Waals surface area contributed by atoms with Crippen molar-refractivity contribution >= 4 is 17.0 Å². The van der Waals surface area contributed by atoms with E-state index in [0.29, 0.717) is 0 Å². The zero-order valence-corrected chi connectivity index (χ0v) is 7.16. The van der Waals surface area contributed by atoms with Gasteiger partial charge in [-0.1, -0.05) is 18.7 Å². The topological polar surface area (TPSA) is 12.0 Å². The minimum Gasteiger partial charge on any atom is -0.381 e. The summed E-state index contributed by atoms with van der Waals surface area (Å²) in [6, 6.07) is 4.06. The molecule has 0 saturated heterocycles. The van der Waals surface area contributed by atoms with E-state index < -0.39 is 0 Å². The molecule has 1 nitrogen and oxygen atoms in total. The zero-order valence-electron chi connectivity index (χ0n) is 6.34. The molecule has 0 amide bonds. The third-order valence-corrected chi connectivity index (χ3v) is 2.21. The van der Waals surface area contributed by atoms with Crippen molar-refractivity contribution in [1.82, 2.24) is 5.32 Å². The van der Waals surface area contributed by atoms with Gasteiger partial charge in [0.25, 0.3) is 0 Å². The van der Waals surface area contributed by atoms with E-state index in [-0.39, 0.29) is 0 Å². The number of thiophene rings is 1. The lowest BCUT2D eigenvalue weighted by atomic mass is 10.4. The van der Waals surface area contributed by atoms with Crippen LogP contribution in [0, 0.1) is 0 Å². The smallest absolute Gasteiger partial charge is 0.0495 e. The van der Waals surface area contributed by atoms with Gasteiger partial charge in [-0.2, -0.15) is 0 Å². The first kappa shape index (κ1) is 8.08. The monoisotopic (exact) mass is 165 g/mol. The Morgan fingerprint density at radius 3 is 3.09 bits per heavy atom. The lowest BCUT2D eigenvalue weighted by Crippen LogP contribution is -2.09. The molecule has 0 aliphatic heterocycles. The molecule has 0 spiro atoms. The molecule has 0 unspecified atom stereocenters. The van der Waals surface area contributed by atoms with Gasteiger partial charge in [-0.3, -0.25) is 0 Å². The van der Waals surface area contributed by atoms with Crippen LogP contribution in [0.2, 0.25) is 0 Å². The quantitative estimate of drug-likeness (QED) is 0.676. The molecule has 1 aromatic rings. The van der Waals surface area contributed by atoms with Gasteiger partial charge in [-0.25, -0.2) is 0 Å². The highest BCUT2D eigenvalue weighted by molar-refractivity contribution is 7.11. The van der Waals surface area contributed by atoms with Crippen molar-refractivity contribution in [1.29, 1.82) is 0 Å². The van der Waals surface area contributed by atoms with E-state index >= 15 is 0 Å². The second-order valence-corrected chi connectivity index (χ2v) is 3.07. The molecule has 1 heterocycles. The van der Waals surface area contributed by atoms with E-state index in [4.69, 9.17) is 0 Å². The molecule has 11 heavy (non-hydrogen) atoms. The third-order valence-electron chi connectivity index (χ3n) is 1.28. The van der Waals surface area contributed by atoms with Crippen LogP contribution in [0.1, 0.15) is 4.88 Å². The number of rotatable bonds is 4. The second kappa shape index (κ2) is 3.98. The predicted octanol–water partition coefficient (Wildman–Crippen LogP) is 2.49. The van der Waals surface area contributed by atoms with E-state index in [2.05, 4.69) is 18.5 Å². The van der Waals surface area contributed by atoms with E-state index in [1.807, 2.05) is 23.6 Å². The van der Waals surface area contributed by atoms with Crippen LogP contribution < -0.4 is 5.32 Å². The van der Waals surface area contributed by atoms with Gasteiger partial charge in [-0.05, 0) is 11.4 Å². The fourth-order valence-electron chi connectivity index (χ4n) is 0.733.